The first-order valence-electron chi connectivity index (χ1n) is 5.97. The van der Waals surface area contributed by atoms with Gasteiger partial charge >= 0.3 is 0 Å². The van der Waals surface area contributed by atoms with Crippen LogP contribution < -0.4 is 0 Å². The number of pyridine rings is 1. The first-order chi connectivity index (χ1) is 8.04. The first kappa shape index (κ1) is 12.1. The number of hydrogen-bond donors (Lipinski definition) is 0. The highest BCUT2D eigenvalue weighted by Crippen LogP contribution is 2.15. The fourth-order valence-electron chi connectivity index (χ4n) is 1.65. The van der Waals surface area contributed by atoms with Crippen LogP contribution in [0.15, 0.2) is 36.4 Å². The molecule has 0 fully saturated rings. The molecule has 0 N–H and O–H groups in total. The van der Waals surface area contributed by atoms with Crippen molar-refractivity contribution in [2.24, 2.45) is 5.41 Å². The summed E-state index contributed by atoms with van der Waals surface area (Å²) in [6.07, 6.45) is 0. The predicted octanol–water partition coefficient (Wildman–Crippen LogP) is 3.80. The van der Waals surface area contributed by atoms with Crippen LogP contribution in [0.25, 0.3) is 10.9 Å². The largest absolute Gasteiger partial charge is 0.375 e. The highest BCUT2D eigenvalue weighted by Gasteiger charge is 2.10. The molecule has 0 saturated carbocycles. The summed E-state index contributed by atoms with van der Waals surface area (Å²) in [5.74, 6) is 0. The molecule has 0 spiro atoms. The minimum atomic E-state index is 0.205. The summed E-state index contributed by atoms with van der Waals surface area (Å²) in [7, 11) is 0. The van der Waals surface area contributed by atoms with Gasteiger partial charge in [0.15, 0.2) is 0 Å². The quantitative estimate of drug-likeness (QED) is 0.798. The molecule has 0 atom stereocenters. The maximum atomic E-state index is 5.67. The van der Waals surface area contributed by atoms with Crippen molar-refractivity contribution in [2.75, 3.05) is 6.61 Å². The van der Waals surface area contributed by atoms with Crippen molar-refractivity contribution < 1.29 is 4.74 Å². The van der Waals surface area contributed by atoms with E-state index >= 15 is 0 Å². The SMILES string of the molecule is CC(C)(C)COCc1ccc2ccccc2n1. The number of nitrogens with zero attached hydrogens (tertiary/aromatic N) is 1. The molecule has 90 valence electrons. The maximum absolute atomic E-state index is 5.67. The van der Waals surface area contributed by atoms with Gasteiger partial charge in [0, 0.05) is 5.39 Å². The highest BCUT2D eigenvalue weighted by atomic mass is 16.5. The molecule has 0 saturated heterocycles. The standard InChI is InChI=1S/C15H19NO/c1-15(2,3)11-17-10-13-9-8-12-6-4-5-7-14(12)16-13/h4-9H,10-11H2,1-3H3. The normalized spacial score (nSPS) is 11.9. The van der Waals surface area contributed by atoms with E-state index in [0.717, 1.165) is 17.8 Å². The number of para-hydroxylation sites is 1. The summed E-state index contributed by atoms with van der Waals surface area (Å²) in [5, 5.41) is 1.17. The summed E-state index contributed by atoms with van der Waals surface area (Å²) < 4.78 is 5.67. The third kappa shape index (κ3) is 3.53. The Morgan fingerprint density at radius 3 is 2.59 bits per heavy atom. The predicted molar refractivity (Wildman–Crippen MR) is 70.9 cm³/mol. The van der Waals surface area contributed by atoms with Crippen LogP contribution in [-0.2, 0) is 11.3 Å². The Morgan fingerprint density at radius 2 is 1.82 bits per heavy atom. The number of ether oxygens (including phenoxy) is 1. The molecule has 2 aromatic rings. The molecule has 2 nitrogen and oxygen atoms in total. The van der Waals surface area contributed by atoms with Crippen molar-refractivity contribution in [3.63, 3.8) is 0 Å². The number of rotatable bonds is 3. The third-order valence-electron chi connectivity index (χ3n) is 2.44. The van der Waals surface area contributed by atoms with Crippen molar-refractivity contribution in [2.45, 2.75) is 27.4 Å². The van der Waals surface area contributed by atoms with Crippen molar-refractivity contribution in [1.82, 2.24) is 4.98 Å². The number of fused-ring (bicyclic) bond motifs is 1. The number of benzene rings is 1. The topological polar surface area (TPSA) is 22.1 Å². The Bertz CT molecular complexity index is 499. The van der Waals surface area contributed by atoms with Gasteiger partial charge in [0.1, 0.15) is 0 Å². The molecule has 1 heterocycles. The van der Waals surface area contributed by atoms with E-state index in [1.165, 1.54) is 5.39 Å². The zero-order valence-corrected chi connectivity index (χ0v) is 10.7. The van der Waals surface area contributed by atoms with Crippen molar-refractivity contribution >= 4 is 10.9 Å². The monoisotopic (exact) mass is 229 g/mol. The second-order valence-corrected chi connectivity index (χ2v) is 5.55. The van der Waals surface area contributed by atoms with Gasteiger partial charge in [0.25, 0.3) is 0 Å². The van der Waals surface area contributed by atoms with Gasteiger partial charge < -0.3 is 4.74 Å². The van der Waals surface area contributed by atoms with Gasteiger partial charge in [-0.1, -0.05) is 45.0 Å². The minimum Gasteiger partial charge on any atom is -0.375 e. The molecule has 0 aliphatic carbocycles. The van der Waals surface area contributed by atoms with Crippen LogP contribution in [-0.4, -0.2) is 11.6 Å². The fraction of sp³-hybridized carbons (Fsp3) is 0.400. The van der Waals surface area contributed by atoms with Crippen molar-refractivity contribution in [3.8, 4) is 0 Å². The molecule has 0 unspecified atom stereocenters. The van der Waals surface area contributed by atoms with Gasteiger partial charge in [-0.05, 0) is 17.5 Å². The summed E-state index contributed by atoms with van der Waals surface area (Å²) in [4.78, 5) is 4.57. The second kappa shape index (κ2) is 4.84. The van der Waals surface area contributed by atoms with Crippen LogP contribution >= 0.6 is 0 Å². The molecular formula is C15H19NO. The molecule has 2 heteroatoms. The van der Waals surface area contributed by atoms with Crippen molar-refractivity contribution in [3.05, 3.63) is 42.1 Å². The number of aromatic nitrogens is 1. The molecular weight excluding hydrogens is 210 g/mol. The van der Waals surface area contributed by atoms with Crippen LogP contribution in [0.1, 0.15) is 26.5 Å². The zero-order valence-electron chi connectivity index (χ0n) is 10.7. The third-order valence-corrected chi connectivity index (χ3v) is 2.44. The Labute approximate surface area is 103 Å². The summed E-state index contributed by atoms with van der Waals surface area (Å²) in [5.41, 5.74) is 2.23. The Morgan fingerprint density at radius 1 is 1.06 bits per heavy atom. The molecule has 1 aromatic carbocycles. The van der Waals surface area contributed by atoms with Gasteiger partial charge in [0.2, 0.25) is 0 Å². The summed E-state index contributed by atoms with van der Waals surface area (Å²) in [6.45, 7) is 7.84. The van der Waals surface area contributed by atoms with Crippen LogP contribution in [0.5, 0.6) is 0 Å². The van der Waals surface area contributed by atoms with Crippen LogP contribution in [0.2, 0.25) is 0 Å². The van der Waals surface area contributed by atoms with Crippen molar-refractivity contribution in [1.29, 1.82) is 0 Å². The summed E-state index contributed by atoms with van der Waals surface area (Å²) >= 11 is 0. The van der Waals surface area contributed by atoms with Gasteiger partial charge in [-0.3, -0.25) is 4.98 Å². The maximum Gasteiger partial charge on any atom is 0.0888 e. The van der Waals surface area contributed by atoms with E-state index in [0.29, 0.717) is 6.61 Å². The zero-order chi connectivity index (χ0) is 12.3. The molecule has 0 amide bonds. The lowest BCUT2D eigenvalue weighted by molar-refractivity contribution is 0.0582. The van der Waals surface area contributed by atoms with Gasteiger partial charge in [-0.15, -0.1) is 0 Å². The van der Waals surface area contributed by atoms with Gasteiger partial charge in [-0.2, -0.15) is 0 Å². The Hall–Kier alpha value is -1.41. The van der Waals surface area contributed by atoms with Crippen LogP contribution in [0, 0.1) is 5.41 Å². The van der Waals surface area contributed by atoms with Gasteiger partial charge in [0.05, 0.1) is 24.4 Å². The first-order valence-corrected chi connectivity index (χ1v) is 5.97. The molecule has 0 radical (unpaired) electrons. The van der Waals surface area contributed by atoms with E-state index in [-0.39, 0.29) is 5.41 Å². The van der Waals surface area contributed by atoms with Crippen LogP contribution in [0.4, 0.5) is 0 Å². The average molecular weight is 229 g/mol. The van der Waals surface area contributed by atoms with E-state index in [1.807, 2.05) is 24.3 Å². The summed E-state index contributed by atoms with van der Waals surface area (Å²) in [6, 6.07) is 12.3. The molecule has 0 aliphatic heterocycles. The molecule has 0 bridgehead atoms. The second-order valence-electron chi connectivity index (χ2n) is 5.55. The lowest BCUT2D eigenvalue weighted by atomic mass is 9.99. The van der Waals surface area contributed by atoms with E-state index in [9.17, 15) is 0 Å². The lowest BCUT2D eigenvalue weighted by Gasteiger charge is -2.17. The Balaban J connectivity index is 2.04. The van der Waals surface area contributed by atoms with E-state index in [2.05, 4.69) is 37.9 Å². The molecule has 0 aliphatic rings. The van der Waals surface area contributed by atoms with Gasteiger partial charge in [-0.25, -0.2) is 0 Å². The molecule has 1 aromatic heterocycles. The number of hydrogen-bond acceptors (Lipinski definition) is 2. The minimum absolute atomic E-state index is 0.205. The smallest absolute Gasteiger partial charge is 0.0888 e. The molecule has 17 heavy (non-hydrogen) atoms. The molecule has 2 rings (SSSR count). The highest BCUT2D eigenvalue weighted by molar-refractivity contribution is 5.78. The lowest BCUT2D eigenvalue weighted by Crippen LogP contribution is -2.14. The average Bonchev–Trinajstić information content (AvgIpc) is 2.27. The van der Waals surface area contributed by atoms with E-state index in [1.54, 1.807) is 0 Å². The van der Waals surface area contributed by atoms with Crippen LogP contribution in [0.3, 0.4) is 0 Å². The fourth-order valence-corrected chi connectivity index (χ4v) is 1.65. The van der Waals surface area contributed by atoms with E-state index in [4.69, 9.17) is 4.74 Å². The van der Waals surface area contributed by atoms with E-state index < -0.39 is 0 Å². The Kier molecular flexibility index (Phi) is 3.43.